The van der Waals surface area contributed by atoms with Gasteiger partial charge < -0.3 is 16.0 Å². The average molecular weight is 543 g/mol. The van der Waals surface area contributed by atoms with Crippen molar-refractivity contribution < 1.29 is 28.0 Å². The summed E-state index contributed by atoms with van der Waals surface area (Å²) < 4.78 is 27.1. The Morgan fingerprint density at radius 3 is 2.21 bits per heavy atom. The zero-order chi connectivity index (χ0) is 28.6. The van der Waals surface area contributed by atoms with Gasteiger partial charge in [-0.3, -0.25) is 24.2 Å². The molecule has 0 radical (unpaired) electrons. The fraction of sp³-hybridized carbons (Fsp3) is 0.483. The number of alkyl halides is 2. The number of carbonyl (C=O) groups excluding carboxylic acids is 4. The number of benzene rings is 1. The Morgan fingerprint density at radius 2 is 1.62 bits per heavy atom. The molecular weight excluding hydrogens is 506 g/mol. The van der Waals surface area contributed by atoms with E-state index < -0.39 is 52.8 Å². The van der Waals surface area contributed by atoms with Gasteiger partial charge in [0.2, 0.25) is 23.5 Å². The highest BCUT2D eigenvalue weighted by Gasteiger charge is 2.41. The Balaban J connectivity index is 1.73. The summed E-state index contributed by atoms with van der Waals surface area (Å²) in [6.45, 7) is 5.29. The van der Waals surface area contributed by atoms with Gasteiger partial charge in [-0.25, -0.2) is 8.78 Å². The van der Waals surface area contributed by atoms with Gasteiger partial charge in [0, 0.05) is 31.4 Å². The molecule has 1 unspecified atom stereocenters. The van der Waals surface area contributed by atoms with Crippen LogP contribution < -0.4 is 16.0 Å². The van der Waals surface area contributed by atoms with Crippen molar-refractivity contribution in [1.82, 2.24) is 20.9 Å². The molecule has 1 aliphatic rings. The van der Waals surface area contributed by atoms with Crippen molar-refractivity contribution in [2.75, 3.05) is 0 Å². The predicted molar refractivity (Wildman–Crippen MR) is 141 cm³/mol. The summed E-state index contributed by atoms with van der Waals surface area (Å²) in [7, 11) is 0. The Kier molecular flexibility index (Phi) is 9.88. The van der Waals surface area contributed by atoms with E-state index in [-0.39, 0.29) is 38.6 Å². The van der Waals surface area contributed by atoms with Crippen molar-refractivity contribution in [3.05, 3.63) is 66.0 Å². The minimum Gasteiger partial charge on any atom is -0.344 e. The highest BCUT2D eigenvalue weighted by molar-refractivity contribution is 6.38. The summed E-state index contributed by atoms with van der Waals surface area (Å²) in [5.41, 5.74) is 0.534. The van der Waals surface area contributed by atoms with Crippen LogP contribution in [0.25, 0.3) is 0 Å². The van der Waals surface area contributed by atoms with Gasteiger partial charge in [-0.2, -0.15) is 0 Å². The van der Waals surface area contributed by atoms with Crippen LogP contribution in [-0.2, 0) is 32.1 Å². The molecular formula is C29H36F2N4O4. The maximum Gasteiger partial charge on any atom is 0.289 e. The van der Waals surface area contributed by atoms with Crippen molar-refractivity contribution in [2.24, 2.45) is 11.3 Å². The fourth-order valence-corrected chi connectivity index (χ4v) is 4.47. The van der Waals surface area contributed by atoms with E-state index in [4.69, 9.17) is 0 Å². The SMILES string of the molecule is CC(C)(C)C(NC(=O)C1CCC(F)(F)CC1)C(=O)N[C@H](Cc1ccccc1)C(=O)C(=O)NCc1ccccn1. The molecule has 0 bridgehead atoms. The summed E-state index contributed by atoms with van der Waals surface area (Å²) in [6.07, 6.45) is 0.940. The van der Waals surface area contributed by atoms with E-state index >= 15 is 0 Å². The van der Waals surface area contributed by atoms with E-state index in [1.54, 1.807) is 69.4 Å². The summed E-state index contributed by atoms with van der Waals surface area (Å²) in [5.74, 6) is -6.22. The number of carbonyl (C=O) groups is 4. The van der Waals surface area contributed by atoms with E-state index in [1.165, 1.54) is 0 Å². The van der Waals surface area contributed by atoms with Gasteiger partial charge >= 0.3 is 0 Å². The molecule has 3 N–H and O–H groups in total. The van der Waals surface area contributed by atoms with Crippen LogP contribution in [-0.4, -0.2) is 46.5 Å². The monoisotopic (exact) mass is 542 g/mol. The second-order valence-corrected chi connectivity index (χ2v) is 11.1. The Bertz CT molecular complexity index is 1140. The first-order valence-electron chi connectivity index (χ1n) is 13.1. The first-order chi connectivity index (χ1) is 18.4. The van der Waals surface area contributed by atoms with E-state index in [2.05, 4.69) is 20.9 Å². The predicted octanol–water partition coefficient (Wildman–Crippen LogP) is 3.35. The van der Waals surface area contributed by atoms with Crippen molar-refractivity contribution in [2.45, 2.75) is 77.4 Å². The van der Waals surface area contributed by atoms with Gasteiger partial charge in [-0.1, -0.05) is 57.2 Å². The highest BCUT2D eigenvalue weighted by atomic mass is 19.3. The molecule has 39 heavy (non-hydrogen) atoms. The summed E-state index contributed by atoms with van der Waals surface area (Å²) in [4.78, 5) is 56.5. The molecule has 1 aliphatic carbocycles. The van der Waals surface area contributed by atoms with Crippen molar-refractivity contribution >= 4 is 23.5 Å². The van der Waals surface area contributed by atoms with Crippen LogP contribution in [0.15, 0.2) is 54.7 Å². The van der Waals surface area contributed by atoms with Gasteiger partial charge in [0.15, 0.2) is 0 Å². The van der Waals surface area contributed by atoms with Crippen LogP contribution in [0.4, 0.5) is 8.78 Å². The minimum absolute atomic E-state index is 0.0306. The number of ketones is 1. The van der Waals surface area contributed by atoms with Gasteiger partial charge in [-0.05, 0) is 36.0 Å². The maximum atomic E-state index is 13.6. The lowest BCUT2D eigenvalue weighted by Crippen LogP contribution is -2.59. The lowest BCUT2D eigenvalue weighted by Gasteiger charge is -2.34. The molecule has 0 aliphatic heterocycles. The molecule has 0 saturated heterocycles. The minimum atomic E-state index is -2.78. The Labute approximate surface area is 227 Å². The molecule has 8 nitrogen and oxygen atoms in total. The third kappa shape index (κ3) is 8.94. The molecule has 1 aromatic heterocycles. The van der Waals surface area contributed by atoms with Gasteiger partial charge in [0.05, 0.1) is 12.2 Å². The zero-order valence-corrected chi connectivity index (χ0v) is 22.5. The Hall–Kier alpha value is -3.69. The molecule has 2 aromatic rings. The number of hydrogen-bond donors (Lipinski definition) is 3. The summed E-state index contributed by atoms with van der Waals surface area (Å²) in [5, 5.41) is 7.94. The third-order valence-corrected chi connectivity index (χ3v) is 6.80. The van der Waals surface area contributed by atoms with Crippen LogP contribution in [0, 0.1) is 11.3 Å². The van der Waals surface area contributed by atoms with Crippen LogP contribution in [0.1, 0.15) is 57.7 Å². The molecule has 1 aromatic carbocycles. The number of amides is 3. The maximum absolute atomic E-state index is 13.6. The van der Waals surface area contributed by atoms with E-state index in [0.29, 0.717) is 5.69 Å². The number of nitrogens with zero attached hydrogens (tertiary/aromatic N) is 1. The molecule has 3 amide bonds. The lowest BCUT2D eigenvalue weighted by molar-refractivity contribution is -0.141. The number of rotatable bonds is 10. The zero-order valence-electron chi connectivity index (χ0n) is 22.5. The molecule has 1 heterocycles. The normalized spacial score (nSPS) is 16.9. The van der Waals surface area contributed by atoms with Crippen LogP contribution >= 0.6 is 0 Å². The largest absolute Gasteiger partial charge is 0.344 e. The van der Waals surface area contributed by atoms with E-state index in [9.17, 15) is 28.0 Å². The topological polar surface area (TPSA) is 117 Å². The number of Topliss-reactive ketones (excluding diaryl/α,β-unsaturated/α-hetero) is 1. The first kappa shape index (κ1) is 29.9. The molecule has 1 fully saturated rings. The lowest BCUT2D eigenvalue weighted by atomic mass is 9.83. The molecule has 10 heteroatoms. The second-order valence-electron chi connectivity index (χ2n) is 11.1. The van der Waals surface area contributed by atoms with Gasteiger partial charge in [0.25, 0.3) is 5.91 Å². The highest BCUT2D eigenvalue weighted by Crippen LogP contribution is 2.36. The van der Waals surface area contributed by atoms with Crippen LogP contribution in [0.2, 0.25) is 0 Å². The fourth-order valence-electron chi connectivity index (χ4n) is 4.47. The number of halogens is 2. The number of hydrogen-bond acceptors (Lipinski definition) is 5. The Morgan fingerprint density at radius 1 is 0.974 bits per heavy atom. The third-order valence-electron chi connectivity index (χ3n) is 6.80. The second kappa shape index (κ2) is 12.9. The van der Waals surface area contributed by atoms with Gasteiger partial charge in [0.1, 0.15) is 12.1 Å². The molecule has 0 spiro atoms. The molecule has 1 saturated carbocycles. The first-order valence-corrected chi connectivity index (χ1v) is 13.1. The molecule has 210 valence electrons. The number of aromatic nitrogens is 1. The standard InChI is InChI=1S/C29H36F2N4O4/c1-28(2,3)24(35-25(37)20-12-14-29(30,31)15-13-20)27(39)34-22(17-19-9-5-4-6-10-19)23(36)26(38)33-18-21-11-7-8-16-32-21/h4-11,16,20,22,24H,12-15,17-18H2,1-3H3,(H,33,38)(H,34,39)(H,35,37)/t22-,24?/m1/s1. The van der Waals surface area contributed by atoms with Crippen molar-refractivity contribution in [3.8, 4) is 0 Å². The van der Waals surface area contributed by atoms with E-state index in [0.717, 1.165) is 5.56 Å². The molecule has 2 atom stereocenters. The van der Waals surface area contributed by atoms with Crippen molar-refractivity contribution in [1.29, 1.82) is 0 Å². The smallest absolute Gasteiger partial charge is 0.289 e. The molecule has 3 rings (SSSR count). The van der Waals surface area contributed by atoms with Crippen molar-refractivity contribution in [3.63, 3.8) is 0 Å². The number of pyridine rings is 1. The quantitative estimate of drug-likeness (QED) is 0.398. The summed E-state index contributed by atoms with van der Waals surface area (Å²) in [6, 6.07) is 11.9. The van der Waals surface area contributed by atoms with Gasteiger partial charge in [-0.15, -0.1) is 0 Å². The van der Waals surface area contributed by atoms with Crippen LogP contribution in [0.5, 0.6) is 0 Å². The van der Waals surface area contributed by atoms with Crippen LogP contribution in [0.3, 0.4) is 0 Å². The average Bonchev–Trinajstić information content (AvgIpc) is 2.89. The summed E-state index contributed by atoms with van der Waals surface area (Å²) >= 11 is 0. The van der Waals surface area contributed by atoms with E-state index in [1.807, 2.05) is 6.07 Å². The number of nitrogens with one attached hydrogen (secondary N) is 3.